The molecule has 1 aromatic rings. The Labute approximate surface area is 154 Å². The average Bonchev–Trinajstić information content (AvgIpc) is 2.61. The molecule has 0 aliphatic heterocycles. The van der Waals surface area contributed by atoms with Crippen molar-refractivity contribution in [3.63, 3.8) is 0 Å². The molecule has 0 spiro atoms. The molecule has 2 amide bonds. The lowest BCUT2D eigenvalue weighted by Crippen LogP contribution is -2.42. The van der Waals surface area contributed by atoms with E-state index in [4.69, 9.17) is 15.9 Å². The summed E-state index contributed by atoms with van der Waals surface area (Å²) in [6, 6.07) is 6.81. The number of ether oxygens (including phenoxy) is 1. The number of urea groups is 1. The van der Waals surface area contributed by atoms with E-state index >= 15 is 0 Å². The molecule has 0 aromatic heterocycles. The lowest BCUT2D eigenvalue weighted by atomic mass is 10.1. The van der Waals surface area contributed by atoms with Crippen molar-refractivity contribution in [3.05, 3.63) is 48.0 Å². The zero-order chi connectivity index (χ0) is 19.4. The Hall–Kier alpha value is -2.83. The first-order valence-corrected chi connectivity index (χ1v) is 8.72. The van der Waals surface area contributed by atoms with Gasteiger partial charge in [0.2, 0.25) is 0 Å². The number of carbonyl (C=O) groups excluding carboxylic acids is 2. The van der Waals surface area contributed by atoms with Crippen molar-refractivity contribution in [2.24, 2.45) is 5.73 Å². The average molecular weight is 360 g/mol. The van der Waals surface area contributed by atoms with Crippen LogP contribution in [-0.2, 0) is 16.0 Å². The number of nitrogens with one attached hydrogen (secondary N) is 3. The van der Waals surface area contributed by atoms with Crippen LogP contribution in [0.3, 0.4) is 0 Å². The first kappa shape index (κ1) is 21.2. The van der Waals surface area contributed by atoms with Crippen LogP contribution >= 0.6 is 0 Å². The molecule has 0 radical (unpaired) electrons. The minimum Gasteiger partial charge on any atom is -0.466 e. The Morgan fingerprint density at radius 3 is 2.58 bits per heavy atom. The topological polar surface area (TPSA) is 117 Å². The van der Waals surface area contributed by atoms with Gasteiger partial charge in [-0.1, -0.05) is 30.3 Å². The molecule has 7 heteroatoms. The van der Waals surface area contributed by atoms with E-state index in [-0.39, 0.29) is 24.3 Å². The summed E-state index contributed by atoms with van der Waals surface area (Å²) < 4.78 is 4.85. The minimum absolute atomic E-state index is 0.0625. The van der Waals surface area contributed by atoms with Crippen LogP contribution in [-0.4, -0.2) is 37.0 Å². The summed E-state index contributed by atoms with van der Waals surface area (Å²) >= 11 is 0. The number of nitrogens with two attached hydrogens (primary N) is 1. The van der Waals surface area contributed by atoms with Crippen molar-refractivity contribution in [1.29, 1.82) is 5.41 Å². The monoisotopic (exact) mass is 360 g/mol. The quantitative estimate of drug-likeness (QED) is 0.159. The number of unbranched alkanes of at least 4 members (excludes halogenated alkanes) is 1. The molecule has 7 nitrogen and oxygen atoms in total. The van der Waals surface area contributed by atoms with Crippen molar-refractivity contribution in [2.45, 2.75) is 38.6 Å². The summed E-state index contributed by atoms with van der Waals surface area (Å²) in [4.78, 5) is 23.3. The van der Waals surface area contributed by atoms with Crippen LogP contribution < -0.4 is 16.4 Å². The third-order valence-corrected chi connectivity index (χ3v) is 3.74. The second-order valence-corrected chi connectivity index (χ2v) is 5.82. The minimum atomic E-state index is -0.450. The first-order valence-electron chi connectivity index (χ1n) is 8.72. The number of benzene rings is 1. The number of carbonyl (C=O) groups is 2. The number of aryl methyl sites for hydroxylation is 1. The molecule has 0 saturated heterocycles. The van der Waals surface area contributed by atoms with E-state index in [1.54, 1.807) is 6.92 Å². The maximum atomic E-state index is 11.8. The molecule has 142 valence electrons. The van der Waals surface area contributed by atoms with Gasteiger partial charge in [0.25, 0.3) is 0 Å². The molecular formula is C19H28N4O3. The molecule has 26 heavy (non-hydrogen) atoms. The van der Waals surface area contributed by atoms with Crippen LogP contribution in [0.15, 0.2) is 36.9 Å². The number of amidine groups is 1. The maximum Gasteiger partial charge on any atom is 0.315 e. The van der Waals surface area contributed by atoms with Crippen LogP contribution in [0.2, 0.25) is 0 Å². The Balaban J connectivity index is 2.21. The van der Waals surface area contributed by atoms with Crippen molar-refractivity contribution in [3.8, 4) is 0 Å². The van der Waals surface area contributed by atoms with Gasteiger partial charge in [0.15, 0.2) is 0 Å². The van der Waals surface area contributed by atoms with Crippen LogP contribution in [0.5, 0.6) is 0 Å². The maximum absolute atomic E-state index is 11.8. The highest BCUT2D eigenvalue weighted by Gasteiger charge is 2.13. The Bertz CT molecular complexity index is 614. The van der Waals surface area contributed by atoms with Gasteiger partial charge in [0.1, 0.15) is 5.84 Å². The second-order valence-electron chi connectivity index (χ2n) is 5.82. The van der Waals surface area contributed by atoms with Gasteiger partial charge >= 0.3 is 12.0 Å². The molecule has 5 N–H and O–H groups in total. The van der Waals surface area contributed by atoms with Gasteiger partial charge in [0.05, 0.1) is 19.1 Å². The summed E-state index contributed by atoms with van der Waals surface area (Å²) in [6.45, 7) is 6.21. The van der Waals surface area contributed by atoms with Gasteiger partial charge in [-0.2, -0.15) is 0 Å². The molecule has 0 unspecified atom stereocenters. The summed E-state index contributed by atoms with van der Waals surface area (Å²) in [5, 5.41) is 12.8. The fourth-order valence-corrected chi connectivity index (χ4v) is 2.32. The fraction of sp³-hybridized carbons (Fsp3) is 0.421. The molecule has 1 aromatic carbocycles. The van der Waals surface area contributed by atoms with Crippen molar-refractivity contribution < 1.29 is 14.3 Å². The van der Waals surface area contributed by atoms with Crippen LogP contribution in [0.1, 0.15) is 37.3 Å². The van der Waals surface area contributed by atoms with Gasteiger partial charge in [-0.25, -0.2) is 4.79 Å². The Morgan fingerprint density at radius 1 is 1.31 bits per heavy atom. The lowest BCUT2D eigenvalue weighted by molar-refractivity contribution is -0.143. The summed E-state index contributed by atoms with van der Waals surface area (Å²) in [5.41, 5.74) is 7.30. The molecule has 0 saturated carbocycles. The molecule has 0 heterocycles. The van der Waals surface area contributed by atoms with E-state index in [0.29, 0.717) is 18.7 Å². The van der Waals surface area contributed by atoms with Crippen LogP contribution in [0.4, 0.5) is 4.79 Å². The van der Waals surface area contributed by atoms with E-state index in [1.807, 2.05) is 24.3 Å². The second kappa shape index (κ2) is 11.7. The first-order chi connectivity index (χ1) is 12.5. The predicted octanol–water partition coefficient (Wildman–Crippen LogP) is 2.10. The summed E-state index contributed by atoms with van der Waals surface area (Å²) in [5.74, 6) is -0.305. The number of rotatable bonds is 11. The van der Waals surface area contributed by atoms with E-state index in [9.17, 15) is 9.59 Å². The Morgan fingerprint density at radius 2 is 2.00 bits per heavy atom. The zero-order valence-corrected chi connectivity index (χ0v) is 15.2. The van der Waals surface area contributed by atoms with Crippen molar-refractivity contribution in [2.75, 3.05) is 13.2 Å². The number of amides is 2. The molecular weight excluding hydrogens is 332 g/mol. The van der Waals surface area contributed by atoms with Gasteiger partial charge in [0, 0.05) is 12.1 Å². The van der Waals surface area contributed by atoms with Gasteiger partial charge in [-0.05, 0) is 31.7 Å². The molecule has 0 aliphatic carbocycles. The SMILES string of the molecule is C=C[C@H](CC(=O)OCC)NC(=O)NCCCCc1ccc(C(=N)N)cc1. The highest BCUT2D eigenvalue weighted by molar-refractivity contribution is 5.94. The molecule has 1 atom stereocenters. The summed E-state index contributed by atoms with van der Waals surface area (Å²) in [6.07, 6.45) is 4.23. The highest BCUT2D eigenvalue weighted by atomic mass is 16.5. The highest BCUT2D eigenvalue weighted by Crippen LogP contribution is 2.07. The summed E-state index contributed by atoms with van der Waals surface area (Å²) in [7, 11) is 0. The number of hydrogen-bond donors (Lipinski definition) is 4. The predicted molar refractivity (Wildman–Crippen MR) is 102 cm³/mol. The third kappa shape index (κ3) is 8.32. The largest absolute Gasteiger partial charge is 0.466 e. The Kier molecular flexibility index (Phi) is 9.53. The number of esters is 1. The lowest BCUT2D eigenvalue weighted by Gasteiger charge is -2.14. The van der Waals surface area contributed by atoms with Gasteiger partial charge < -0.3 is 21.1 Å². The van der Waals surface area contributed by atoms with Gasteiger partial charge in [-0.3, -0.25) is 10.2 Å². The van der Waals surface area contributed by atoms with Crippen molar-refractivity contribution in [1.82, 2.24) is 10.6 Å². The van der Waals surface area contributed by atoms with Gasteiger partial charge in [-0.15, -0.1) is 6.58 Å². The number of nitrogen functional groups attached to an aromatic ring is 1. The smallest absolute Gasteiger partial charge is 0.315 e. The molecule has 0 aliphatic rings. The van der Waals surface area contributed by atoms with Crippen molar-refractivity contribution >= 4 is 17.8 Å². The van der Waals surface area contributed by atoms with E-state index in [2.05, 4.69) is 17.2 Å². The van der Waals surface area contributed by atoms with E-state index < -0.39 is 6.04 Å². The number of hydrogen-bond acceptors (Lipinski definition) is 4. The standard InChI is InChI=1S/C19H28N4O3/c1-3-16(13-17(24)26-4-2)23-19(25)22-12-6-5-7-14-8-10-15(11-9-14)18(20)21/h3,8-11,16H,1,4-7,12-13H2,2H3,(H3,20,21)(H2,22,23,25)/t16-/m1/s1. The van der Waals surface area contributed by atoms with Crippen LogP contribution in [0.25, 0.3) is 0 Å². The van der Waals surface area contributed by atoms with E-state index in [1.165, 1.54) is 11.6 Å². The molecule has 0 fully saturated rings. The molecule has 0 bridgehead atoms. The third-order valence-electron chi connectivity index (χ3n) is 3.74. The van der Waals surface area contributed by atoms with E-state index in [0.717, 1.165) is 19.3 Å². The zero-order valence-electron chi connectivity index (χ0n) is 15.2. The van der Waals surface area contributed by atoms with Crippen LogP contribution in [0, 0.1) is 5.41 Å². The molecule has 1 rings (SSSR count). The normalized spacial score (nSPS) is 11.3. The fourth-order valence-electron chi connectivity index (χ4n) is 2.32.